The Bertz CT molecular complexity index is 327. The lowest BCUT2D eigenvalue weighted by atomic mass is 10.1. The Kier molecular flexibility index (Phi) is 5.28. The molecule has 0 aliphatic carbocycles. The zero-order chi connectivity index (χ0) is 11.3. The monoisotopic (exact) mass is 291 g/mol. The number of hydrogen-bond acceptors (Lipinski definition) is 4. The zero-order valence-corrected chi connectivity index (χ0v) is 10.9. The minimum absolute atomic E-state index is 0.0937. The lowest BCUT2D eigenvalue weighted by molar-refractivity contribution is -0.143. The first kappa shape index (κ1) is 12.7. The first-order valence-corrected chi connectivity index (χ1v) is 6.46. The molecule has 0 aliphatic rings. The topological polar surface area (TPSA) is 52.3 Å². The second kappa shape index (κ2) is 6.25. The lowest BCUT2D eigenvalue weighted by Gasteiger charge is -2.09. The molecule has 1 atom stereocenters. The summed E-state index contributed by atoms with van der Waals surface area (Å²) >= 11 is 5.02. The van der Waals surface area contributed by atoms with E-state index in [1.165, 1.54) is 0 Å². The van der Waals surface area contributed by atoms with Crippen molar-refractivity contribution in [3.05, 3.63) is 20.8 Å². The summed E-state index contributed by atoms with van der Waals surface area (Å²) in [6, 6.07) is 1.87. The molecule has 1 rings (SSSR count). The molecule has 0 spiro atoms. The molecule has 5 heteroatoms. The van der Waals surface area contributed by atoms with Gasteiger partial charge in [0.2, 0.25) is 0 Å². The maximum atomic E-state index is 11.1. The van der Waals surface area contributed by atoms with Crippen LogP contribution in [0, 0.1) is 0 Å². The lowest BCUT2D eigenvalue weighted by Crippen LogP contribution is -2.13. The van der Waals surface area contributed by atoms with Gasteiger partial charge in [-0.15, -0.1) is 11.3 Å². The summed E-state index contributed by atoms with van der Waals surface area (Å²) in [6.07, 6.45) is 0.997. The van der Waals surface area contributed by atoms with E-state index in [0.717, 1.165) is 9.35 Å². The third kappa shape index (κ3) is 3.93. The smallest absolute Gasteiger partial charge is 0.305 e. The van der Waals surface area contributed by atoms with Crippen LogP contribution in [0.1, 0.15) is 30.7 Å². The normalized spacial score (nSPS) is 12.5. The summed E-state index contributed by atoms with van der Waals surface area (Å²) in [5.74, 6) is -0.180. The molecule has 84 valence electrons. The van der Waals surface area contributed by atoms with Crippen molar-refractivity contribution in [3.8, 4) is 0 Å². The van der Waals surface area contributed by atoms with Crippen molar-refractivity contribution >= 4 is 33.2 Å². The number of ether oxygens (including phenoxy) is 1. The average Bonchev–Trinajstić information content (AvgIpc) is 2.61. The molecule has 0 bridgehead atoms. The summed E-state index contributed by atoms with van der Waals surface area (Å²) < 4.78 is 5.85. The molecule has 0 aliphatic heterocycles. The fraction of sp³-hybridized carbons (Fsp3) is 0.500. The number of rotatable bonds is 5. The van der Waals surface area contributed by atoms with Crippen molar-refractivity contribution in [1.82, 2.24) is 0 Å². The van der Waals surface area contributed by atoms with Gasteiger partial charge in [0.15, 0.2) is 0 Å². The molecular formula is C10H14BrNO2S. The zero-order valence-electron chi connectivity index (χ0n) is 8.53. The van der Waals surface area contributed by atoms with Crippen LogP contribution in [0.15, 0.2) is 15.9 Å². The van der Waals surface area contributed by atoms with E-state index in [-0.39, 0.29) is 12.0 Å². The summed E-state index contributed by atoms with van der Waals surface area (Å²) in [6.45, 7) is 2.23. The Morgan fingerprint density at radius 2 is 2.47 bits per heavy atom. The third-order valence-corrected chi connectivity index (χ3v) is 3.95. The first-order chi connectivity index (χ1) is 7.15. The van der Waals surface area contributed by atoms with Crippen molar-refractivity contribution < 1.29 is 9.53 Å². The fourth-order valence-electron chi connectivity index (χ4n) is 1.21. The van der Waals surface area contributed by atoms with Crippen LogP contribution < -0.4 is 5.73 Å². The average molecular weight is 292 g/mol. The third-order valence-electron chi connectivity index (χ3n) is 1.95. The van der Waals surface area contributed by atoms with Gasteiger partial charge in [0.05, 0.1) is 6.61 Å². The van der Waals surface area contributed by atoms with Gasteiger partial charge in [0, 0.05) is 21.8 Å². The van der Waals surface area contributed by atoms with Crippen LogP contribution in [0.2, 0.25) is 0 Å². The predicted octanol–water partition coefficient (Wildman–Crippen LogP) is 2.85. The fourth-order valence-corrected chi connectivity index (χ4v) is 2.91. The molecule has 0 radical (unpaired) electrons. The highest BCUT2D eigenvalue weighted by Gasteiger charge is 2.13. The number of thiophene rings is 1. The Labute approximate surface area is 102 Å². The van der Waals surface area contributed by atoms with E-state index in [4.69, 9.17) is 10.5 Å². The summed E-state index contributed by atoms with van der Waals surface area (Å²) in [7, 11) is 0. The Morgan fingerprint density at radius 3 is 3.00 bits per heavy atom. The van der Waals surface area contributed by atoms with Crippen LogP contribution in [0.25, 0.3) is 0 Å². The molecule has 15 heavy (non-hydrogen) atoms. The summed E-state index contributed by atoms with van der Waals surface area (Å²) in [5.41, 5.74) is 5.96. The molecule has 1 aromatic heterocycles. The van der Waals surface area contributed by atoms with Crippen LogP contribution in [-0.4, -0.2) is 12.6 Å². The van der Waals surface area contributed by atoms with Crippen LogP contribution in [0.3, 0.4) is 0 Å². The van der Waals surface area contributed by atoms with Crippen LogP contribution in [-0.2, 0) is 9.53 Å². The van der Waals surface area contributed by atoms with Crippen molar-refractivity contribution in [2.24, 2.45) is 5.73 Å². The van der Waals surface area contributed by atoms with Gasteiger partial charge in [-0.3, -0.25) is 4.79 Å². The van der Waals surface area contributed by atoms with Crippen LogP contribution in [0.4, 0.5) is 0 Å². The number of carbonyl (C=O) groups is 1. The van der Waals surface area contributed by atoms with Gasteiger partial charge in [0.25, 0.3) is 0 Å². The SMILES string of the molecule is CCOC(=O)CCC(N)c1sccc1Br. The van der Waals surface area contributed by atoms with Crippen LogP contribution >= 0.6 is 27.3 Å². The highest BCUT2D eigenvalue weighted by molar-refractivity contribution is 9.10. The standard InChI is InChI=1S/C10H14BrNO2S/c1-2-14-9(13)4-3-8(12)10-7(11)5-6-15-10/h5-6,8H,2-4,12H2,1H3. The van der Waals surface area contributed by atoms with Gasteiger partial charge >= 0.3 is 5.97 Å². The minimum atomic E-state index is -0.180. The van der Waals surface area contributed by atoms with Crippen molar-refractivity contribution in [1.29, 1.82) is 0 Å². The molecular weight excluding hydrogens is 278 g/mol. The highest BCUT2D eigenvalue weighted by Crippen LogP contribution is 2.29. The second-order valence-corrected chi connectivity index (χ2v) is 4.89. The molecule has 3 nitrogen and oxygen atoms in total. The first-order valence-electron chi connectivity index (χ1n) is 4.79. The molecule has 0 saturated carbocycles. The summed E-state index contributed by atoms with van der Waals surface area (Å²) in [5, 5.41) is 1.98. The van der Waals surface area contributed by atoms with Crippen molar-refractivity contribution in [2.75, 3.05) is 6.61 Å². The Morgan fingerprint density at radius 1 is 1.73 bits per heavy atom. The molecule has 1 unspecified atom stereocenters. The van der Waals surface area contributed by atoms with E-state index in [2.05, 4.69) is 15.9 Å². The minimum Gasteiger partial charge on any atom is -0.466 e. The maximum absolute atomic E-state index is 11.1. The Hall–Kier alpha value is -0.390. The molecule has 0 aromatic carbocycles. The van der Waals surface area contributed by atoms with Gasteiger partial charge in [-0.1, -0.05) is 0 Å². The number of halogens is 1. The highest BCUT2D eigenvalue weighted by atomic mass is 79.9. The number of nitrogens with two attached hydrogens (primary N) is 1. The van der Waals surface area contributed by atoms with Crippen molar-refractivity contribution in [2.45, 2.75) is 25.8 Å². The largest absolute Gasteiger partial charge is 0.466 e. The molecule has 1 aromatic rings. The van der Waals surface area contributed by atoms with E-state index in [9.17, 15) is 4.79 Å². The molecule has 1 heterocycles. The van der Waals surface area contributed by atoms with Gasteiger partial charge in [-0.05, 0) is 40.7 Å². The van der Waals surface area contributed by atoms with Gasteiger partial charge in [0.1, 0.15) is 0 Å². The Balaban J connectivity index is 2.40. The number of esters is 1. The van der Waals surface area contributed by atoms with E-state index < -0.39 is 0 Å². The molecule has 0 fully saturated rings. The molecule has 2 N–H and O–H groups in total. The van der Waals surface area contributed by atoms with E-state index in [1.54, 1.807) is 18.3 Å². The number of carbonyl (C=O) groups excluding carboxylic acids is 1. The quantitative estimate of drug-likeness (QED) is 0.849. The maximum Gasteiger partial charge on any atom is 0.305 e. The predicted molar refractivity (Wildman–Crippen MR) is 64.8 cm³/mol. The van der Waals surface area contributed by atoms with Crippen molar-refractivity contribution in [3.63, 3.8) is 0 Å². The van der Waals surface area contributed by atoms with Gasteiger partial charge in [-0.25, -0.2) is 0 Å². The van der Waals surface area contributed by atoms with E-state index in [0.29, 0.717) is 19.4 Å². The second-order valence-electron chi connectivity index (χ2n) is 3.08. The van der Waals surface area contributed by atoms with Gasteiger partial charge in [-0.2, -0.15) is 0 Å². The molecule has 0 amide bonds. The van der Waals surface area contributed by atoms with E-state index in [1.807, 2.05) is 11.4 Å². The number of hydrogen-bond donors (Lipinski definition) is 1. The summed E-state index contributed by atoms with van der Waals surface area (Å²) in [4.78, 5) is 12.2. The van der Waals surface area contributed by atoms with E-state index >= 15 is 0 Å². The van der Waals surface area contributed by atoms with Crippen LogP contribution in [0.5, 0.6) is 0 Å². The molecule has 0 saturated heterocycles. The van der Waals surface area contributed by atoms with Gasteiger partial charge < -0.3 is 10.5 Å².